The smallest absolute Gasteiger partial charge is 0.0625 e. The van der Waals surface area contributed by atoms with Gasteiger partial charge in [-0.2, -0.15) is 0 Å². The van der Waals surface area contributed by atoms with Gasteiger partial charge in [0.1, 0.15) is 0 Å². The van der Waals surface area contributed by atoms with Crippen LogP contribution in [0.1, 0.15) is 11.6 Å². The molecule has 0 heterocycles. The molecule has 0 aliphatic heterocycles. The first-order chi connectivity index (χ1) is 5.65. The fraction of sp³-hybridized carbons (Fsp3) is 0.250. The van der Waals surface area contributed by atoms with Gasteiger partial charge in [0.25, 0.3) is 0 Å². The van der Waals surface area contributed by atoms with Gasteiger partial charge in [-0.25, -0.2) is 0 Å². The number of nitrogen functional groups attached to an aromatic ring is 2. The number of anilines is 2. The van der Waals surface area contributed by atoms with Crippen molar-refractivity contribution < 1.29 is 5.11 Å². The molecular weight excluding hydrogens is 154 g/mol. The van der Waals surface area contributed by atoms with E-state index in [9.17, 15) is 0 Å². The Morgan fingerprint density at radius 2 is 2.00 bits per heavy atom. The summed E-state index contributed by atoms with van der Waals surface area (Å²) in [5.41, 5.74) is 18.6. The summed E-state index contributed by atoms with van der Waals surface area (Å²) in [5.74, 6) is 0. The standard InChI is InChI=1S/C8H13N3O/c9-5-1-2-7(10)6(3-5)8(11)4-12/h1-3,8,12H,4,9-11H2. The zero-order chi connectivity index (χ0) is 9.14. The molecule has 12 heavy (non-hydrogen) atoms. The van der Waals surface area contributed by atoms with Crippen LogP contribution in [0.4, 0.5) is 11.4 Å². The van der Waals surface area contributed by atoms with Crippen molar-refractivity contribution >= 4 is 11.4 Å². The molecule has 0 saturated carbocycles. The number of aliphatic hydroxyl groups is 1. The van der Waals surface area contributed by atoms with Gasteiger partial charge in [0.15, 0.2) is 0 Å². The van der Waals surface area contributed by atoms with Gasteiger partial charge in [-0.1, -0.05) is 0 Å². The maximum Gasteiger partial charge on any atom is 0.0625 e. The molecule has 1 rings (SSSR count). The summed E-state index contributed by atoms with van der Waals surface area (Å²) in [6.07, 6.45) is 0. The molecule has 1 unspecified atom stereocenters. The van der Waals surface area contributed by atoms with E-state index in [0.29, 0.717) is 16.9 Å². The van der Waals surface area contributed by atoms with Gasteiger partial charge in [0.05, 0.1) is 12.6 Å². The zero-order valence-electron chi connectivity index (χ0n) is 6.70. The van der Waals surface area contributed by atoms with Gasteiger partial charge in [-0.15, -0.1) is 0 Å². The van der Waals surface area contributed by atoms with Crippen molar-refractivity contribution in [3.8, 4) is 0 Å². The molecule has 4 heteroatoms. The molecule has 0 aliphatic rings. The zero-order valence-corrected chi connectivity index (χ0v) is 6.70. The van der Waals surface area contributed by atoms with Crippen LogP contribution < -0.4 is 17.2 Å². The van der Waals surface area contributed by atoms with Crippen molar-refractivity contribution in [1.82, 2.24) is 0 Å². The lowest BCUT2D eigenvalue weighted by Gasteiger charge is -2.11. The molecule has 0 fully saturated rings. The van der Waals surface area contributed by atoms with Gasteiger partial charge in [-0.05, 0) is 23.8 Å². The molecular formula is C8H13N3O. The Hall–Kier alpha value is -1.26. The third-order valence-corrected chi connectivity index (χ3v) is 1.71. The lowest BCUT2D eigenvalue weighted by atomic mass is 10.1. The first-order valence-electron chi connectivity index (χ1n) is 3.66. The van der Waals surface area contributed by atoms with E-state index < -0.39 is 6.04 Å². The Labute approximate surface area is 71.0 Å². The van der Waals surface area contributed by atoms with Crippen LogP contribution >= 0.6 is 0 Å². The lowest BCUT2D eigenvalue weighted by molar-refractivity contribution is 0.268. The van der Waals surface area contributed by atoms with E-state index in [1.807, 2.05) is 0 Å². The van der Waals surface area contributed by atoms with Crippen LogP contribution in [0.3, 0.4) is 0 Å². The van der Waals surface area contributed by atoms with Crippen LogP contribution in [0.25, 0.3) is 0 Å². The first kappa shape index (κ1) is 8.83. The van der Waals surface area contributed by atoms with Crippen molar-refractivity contribution in [1.29, 1.82) is 0 Å². The third kappa shape index (κ3) is 1.66. The number of hydrogen-bond acceptors (Lipinski definition) is 4. The number of hydrogen-bond donors (Lipinski definition) is 4. The van der Waals surface area contributed by atoms with Crippen molar-refractivity contribution in [3.05, 3.63) is 23.8 Å². The van der Waals surface area contributed by atoms with E-state index in [2.05, 4.69) is 0 Å². The fourth-order valence-electron chi connectivity index (χ4n) is 1.01. The second kappa shape index (κ2) is 3.42. The van der Waals surface area contributed by atoms with E-state index >= 15 is 0 Å². The van der Waals surface area contributed by atoms with E-state index in [0.717, 1.165) is 0 Å². The summed E-state index contributed by atoms with van der Waals surface area (Å²) >= 11 is 0. The molecule has 0 aromatic heterocycles. The number of benzene rings is 1. The van der Waals surface area contributed by atoms with Crippen LogP contribution in [0, 0.1) is 0 Å². The predicted octanol–water partition coefficient (Wildman–Crippen LogP) is -0.157. The molecule has 0 spiro atoms. The summed E-state index contributed by atoms with van der Waals surface area (Å²) in [4.78, 5) is 0. The van der Waals surface area contributed by atoms with E-state index in [1.54, 1.807) is 18.2 Å². The number of aliphatic hydroxyl groups excluding tert-OH is 1. The van der Waals surface area contributed by atoms with E-state index in [4.69, 9.17) is 22.3 Å². The highest BCUT2D eigenvalue weighted by atomic mass is 16.3. The fourth-order valence-corrected chi connectivity index (χ4v) is 1.01. The molecule has 1 aromatic rings. The maximum atomic E-state index is 8.78. The predicted molar refractivity (Wildman–Crippen MR) is 49.3 cm³/mol. The minimum absolute atomic E-state index is 0.131. The molecule has 66 valence electrons. The van der Waals surface area contributed by atoms with Crippen molar-refractivity contribution in [3.63, 3.8) is 0 Å². The van der Waals surface area contributed by atoms with Crippen molar-refractivity contribution in [2.75, 3.05) is 18.1 Å². The summed E-state index contributed by atoms with van der Waals surface area (Å²) in [5, 5.41) is 8.78. The summed E-state index contributed by atoms with van der Waals surface area (Å²) in [6, 6.07) is 4.60. The highest BCUT2D eigenvalue weighted by Gasteiger charge is 2.07. The molecule has 0 bridgehead atoms. The van der Waals surface area contributed by atoms with Gasteiger partial charge >= 0.3 is 0 Å². The topological polar surface area (TPSA) is 98.3 Å². The summed E-state index contributed by atoms with van der Waals surface area (Å²) < 4.78 is 0. The maximum absolute atomic E-state index is 8.78. The number of nitrogens with two attached hydrogens (primary N) is 3. The summed E-state index contributed by atoms with van der Waals surface area (Å²) in [7, 11) is 0. The molecule has 0 saturated heterocycles. The molecule has 0 radical (unpaired) electrons. The van der Waals surface area contributed by atoms with Crippen LogP contribution in [-0.4, -0.2) is 11.7 Å². The van der Waals surface area contributed by atoms with Gasteiger partial charge < -0.3 is 22.3 Å². The van der Waals surface area contributed by atoms with Crippen LogP contribution in [-0.2, 0) is 0 Å². The van der Waals surface area contributed by atoms with Crippen LogP contribution in [0.15, 0.2) is 18.2 Å². The normalized spacial score (nSPS) is 12.8. The Morgan fingerprint density at radius 1 is 1.33 bits per heavy atom. The third-order valence-electron chi connectivity index (χ3n) is 1.71. The average Bonchev–Trinajstić information content (AvgIpc) is 2.08. The average molecular weight is 167 g/mol. The molecule has 1 aromatic carbocycles. The molecule has 0 aliphatic carbocycles. The van der Waals surface area contributed by atoms with Crippen molar-refractivity contribution in [2.24, 2.45) is 5.73 Å². The van der Waals surface area contributed by atoms with Gasteiger partial charge in [0.2, 0.25) is 0 Å². The molecule has 0 amide bonds. The van der Waals surface area contributed by atoms with Crippen LogP contribution in [0.5, 0.6) is 0 Å². The lowest BCUT2D eigenvalue weighted by Crippen LogP contribution is -2.16. The van der Waals surface area contributed by atoms with E-state index in [-0.39, 0.29) is 6.61 Å². The Kier molecular flexibility index (Phi) is 2.52. The first-order valence-corrected chi connectivity index (χ1v) is 3.66. The quantitative estimate of drug-likeness (QED) is 0.460. The SMILES string of the molecule is Nc1ccc(N)c(C(N)CO)c1. The second-order valence-electron chi connectivity index (χ2n) is 2.68. The minimum atomic E-state index is -0.450. The monoisotopic (exact) mass is 167 g/mol. The molecule has 7 N–H and O–H groups in total. The van der Waals surface area contributed by atoms with Crippen molar-refractivity contribution in [2.45, 2.75) is 6.04 Å². The summed E-state index contributed by atoms with van der Waals surface area (Å²) in [6.45, 7) is -0.131. The molecule has 1 atom stereocenters. The van der Waals surface area contributed by atoms with E-state index in [1.165, 1.54) is 0 Å². The highest BCUT2D eigenvalue weighted by molar-refractivity contribution is 5.56. The number of rotatable bonds is 2. The second-order valence-corrected chi connectivity index (χ2v) is 2.68. The Bertz CT molecular complexity index is 275. The molecule has 4 nitrogen and oxygen atoms in total. The highest BCUT2D eigenvalue weighted by Crippen LogP contribution is 2.20. The Morgan fingerprint density at radius 3 is 2.58 bits per heavy atom. The largest absolute Gasteiger partial charge is 0.399 e. The minimum Gasteiger partial charge on any atom is -0.399 e. The van der Waals surface area contributed by atoms with Gasteiger partial charge in [0, 0.05) is 11.4 Å². The van der Waals surface area contributed by atoms with Crippen LogP contribution in [0.2, 0.25) is 0 Å². The van der Waals surface area contributed by atoms with Gasteiger partial charge in [-0.3, -0.25) is 0 Å². The Balaban J connectivity index is 3.04.